The van der Waals surface area contributed by atoms with Crippen molar-refractivity contribution in [1.82, 2.24) is 5.32 Å². The van der Waals surface area contributed by atoms with E-state index in [2.05, 4.69) is 30.5 Å². The topological polar surface area (TPSA) is 29.1 Å². The molecule has 2 heteroatoms. The van der Waals surface area contributed by atoms with Crippen molar-refractivity contribution in [3.05, 3.63) is 35.5 Å². The van der Waals surface area contributed by atoms with Crippen LogP contribution in [0, 0.1) is 5.41 Å². The number of hydrogen-bond acceptors (Lipinski definition) is 1. The minimum atomic E-state index is -0.455. The number of carbonyl (C=O) groups excluding carboxylic acids is 1. The van der Waals surface area contributed by atoms with Crippen LogP contribution in [0.4, 0.5) is 0 Å². The third kappa shape index (κ3) is 2.58. The van der Waals surface area contributed by atoms with Gasteiger partial charge in [0, 0.05) is 7.05 Å². The van der Waals surface area contributed by atoms with Crippen molar-refractivity contribution < 1.29 is 4.79 Å². The molecule has 0 unspecified atom stereocenters. The maximum atomic E-state index is 11.7. The molecule has 1 aliphatic carbocycles. The first-order chi connectivity index (χ1) is 6.98. The third-order valence-electron chi connectivity index (χ3n) is 2.82. The average Bonchev–Trinajstić information content (AvgIpc) is 2.41. The molecule has 82 valence electrons. The second-order valence-electron chi connectivity index (χ2n) is 4.38. The van der Waals surface area contributed by atoms with Gasteiger partial charge < -0.3 is 5.32 Å². The number of hydrogen-bond donors (Lipinski definition) is 1. The van der Waals surface area contributed by atoms with Crippen LogP contribution < -0.4 is 5.32 Å². The summed E-state index contributed by atoms with van der Waals surface area (Å²) in [4.78, 5) is 11.7. The number of nitrogens with one attached hydrogen (secondary N) is 1. The zero-order valence-corrected chi connectivity index (χ0v) is 9.92. The van der Waals surface area contributed by atoms with Crippen molar-refractivity contribution in [1.29, 1.82) is 0 Å². The van der Waals surface area contributed by atoms with Gasteiger partial charge in [-0.1, -0.05) is 29.9 Å². The summed E-state index contributed by atoms with van der Waals surface area (Å²) in [6.45, 7) is 5.96. The largest absolute Gasteiger partial charge is 0.358 e. The van der Waals surface area contributed by atoms with Crippen LogP contribution in [0.1, 0.15) is 27.2 Å². The van der Waals surface area contributed by atoms with E-state index in [-0.39, 0.29) is 5.91 Å². The molecule has 0 saturated heterocycles. The Hall–Kier alpha value is -1.31. The van der Waals surface area contributed by atoms with Crippen LogP contribution in [0.15, 0.2) is 35.5 Å². The van der Waals surface area contributed by atoms with E-state index in [0.29, 0.717) is 0 Å². The molecule has 0 spiro atoms. The highest BCUT2D eigenvalue weighted by Gasteiger charge is 2.29. The van der Waals surface area contributed by atoms with Gasteiger partial charge >= 0.3 is 0 Å². The summed E-state index contributed by atoms with van der Waals surface area (Å²) in [6, 6.07) is 0. The molecule has 1 N–H and O–H groups in total. The van der Waals surface area contributed by atoms with Crippen molar-refractivity contribution in [2.45, 2.75) is 27.2 Å². The van der Waals surface area contributed by atoms with Gasteiger partial charge in [0.1, 0.15) is 0 Å². The molecular weight excluding hydrogens is 186 g/mol. The van der Waals surface area contributed by atoms with Gasteiger partial charge in [0.15, 0.2) is 0 Å². The van der Waals surface area contributed by atoms with Gasteiger partial charge in [0.25, 0.3) is 0 Å². The molecule has 1 rings (SSSR count). The first-order valence-electron chi connectivity index (χ1n) is 5.26. The molecule has 0 fully saturated rings. The van der Waals surface area contributed by atoms with Gasteiger partial charge in [-0.3, -0.25) is 4.79 Å². The van der Waals surface area contributed by atoms with Gasteiger partial charge in [-0.05, 0) is 32.8 Å². The zero-order chi connectivity index (χ0) is 11.5. The highest BCUT2D eigenvalue weighted by molar-refractivity contribution is 5.85. The van der Waals surface area contributed by atoms with Crippen molar-refractivity contribution in [2.24, 2.45) is 5.41 Å². The molecule has 2 nitrogen and oxygen atoms in total. The Morgan fingerprint density at radius 1 is 1.33 bits per heavy atom. The van der Waals surface area contributed by atoms with Crippen LogP contribution in [-0.4, -0.2) is 13.0 Å². The van der Waals surface area contributed by atoms with Crippen LogP contribution in [0.2, 0.25) is 0 Å². The fraction of sp³-hybridized carbons (Fsp3) is 0.462. The molecular formula is C13H19NO. The number of allylic oxidation sites excluding steroid dienone is 5. The van der Waals surface area contributed by atoms with Crippen molar-refractivity contribution in [3.63, 3.8) is 0 Å². The molecule has 0 aromatic rings. The van der Waals surface area contributed by atoms with Crippen molar-refractivity contribution >= 4 is 5.91 Å². The fourth-order valence-corrected chi connectivity index (χ4v) is 1.64. The summed E-state index contributed by atoms with van der Waals surface area (Å²) >= 11 is 0. The van der Waals surface area contributed by atoms with Crippen LogP contribution >= 0.6 is 0 Å². The number of rotatable bonds is 2. The lowest BCUT2D eigenvalue weighted by atomic mass is 9.82. The zero-order valence-electron chi connectivity index (χ0n) is 9.92. The molecule has 0 radical (unpaired) electrons. The Kier molecular flexibility index (Phi) is 3.51. The molecule has 0 aromatic carbocycles. The molecule has 0 atom stereocenters. The second-order valence-corrected chi connectivity index (χ2v) is 4.38. The predicted molar refractivity (Wildman–Crippen MR) is 63.4 cm³/mol. The van der Waals surface area contributed by atoms with E-state index in [1.165, 1.54) is 5.57 Å². The van der Waals surface area contributed by atoms with Gasteiger partial charge in [0.2, 0.25) is 5.91 Å². The lowest BCUT2D eigenvalue weighted by Gasteiger charge is -2.24. The molecule has 1 aliphatic rings. The number of carbonyl (C=O) groups is 1. The molecule has 0 aliphatic heterocycles. The second kappa shape index (κ2) is 4.47. The molecule has 0 heterocycles. The van der Waals surface area contributed by atoms with E-state index in [1.807, 2.05) is 19.9 Å². The van der Waals surface area contributed by atoms with E-state index in [9.17, 15) is 4.79 Å². The monoisotopic (exact) mass is 205 g/mol. The maximum Gasteiger partial charge on any atom is 0.229 e. The van der Waals surface area contributed by atoms with Crippen LogP contribution in [0.25, 0.3) is 0 Å². The molecule has 0 saturated carbocycles. The van der Waals surface area contributed by atoms with E-state index in [4.69, 9.17) is 0 Å². The van der Waals surface area contributed by atoms with Crippen molar-refractivity contribution in [3.8, 4) is 0 Å². The first kappa shape index (κ1) is 11.8. The fourth-order valence-electron chi connectivity index (χ4n) is 1.64. The molecule has 15 heavy (non-hydrogen) atoms. The molecule has 0 bridgehead atoms. The summed E-state index contributed by atoms with van der Waals surface area (Å²) in [5.41, 5.74) is 1.87. The summed E-state index contributed by atoms with van der Waals surface area (Å²) < 4.78 is 0. The minimum Gasteiger partial charge on any atom is -0.358 e. The van der Waals surface area contributed by atoms with Crippen molar-refractivity contribution in [2.75, 3.05) is 7.05 Å². The summed E-state index contributed by atoms with van der Waals surface area (Å²) in [5.74, 6) is 0.0537. The Bertz CT molecular complexity index is 346. The Morgan fingerprint density at radius 3 is 2.60 bits per heavy atom. The summed E-state index contributed by atoms with van der Waals surface area (Å²) in [5, 5.41) is 2.70. The third-order valence-corrected chi connectivity index (χ3v) is 2.82. The lowest BCUT2D eigenvalue weighted by molar-refractivity contribution is -0.126. The van der Waals surface area contributed by atoms with Crippen LogP contribution in [0.5, 0.6) is 0 Å². The molecule has 1 amide bonds. The predicted octanol–water partition coefficient (Wildman–Crippen LogP) is 2.59. The van der Waals surface area contributed by atoms with E-state index in [1.54, 1.807) is 7.05 Å². The van der Waals surface area contributed by atoms with E-state index < -0.39 is 5.41 Å². The first-order valence-corrected chi connectivity index (χ1v) is 5.26. The van der Waals surface area contributed by atoms with Crippen LogP contribution in [-0.2, 0) is 4.79 Å². The summed E-state index contributed by atoms with van der Waals surface area (Å²) in [7, 11) is 1.68. The average molecular weight is 205 g/mol. The minimum absolute atomic E-state index is 0.0537. The van der Waals surface area contributed by atoms with Gasteiger partial charge in [-0.2, -0.15) is 0 Å². The van der Waals surface area contributed by atoms with E-state index in [0.717, 1.165) is 12.0 Å². The Labute approximate surface area is 91.8 Å². The maximum absolute atomic E-state index is 11.7. The summed E-state index contributed by atoms with van der Waals surface area (Å²) in [6.07, 6.45) is 9.26. The highest BCUT2D eigenvalue weighted by Crippen LogP contribution is 2.29. The van der Waals surface area contributed by atoms with E-state index >= 15 is 0 Å². The van der Waals surface area contributed by atoms with Crippen LogP contribution in [0.3, 0.4) is 0 Å². The SMILES string of the molecule is CNC(=O)C(C)(C)C1=CCC=C(C)C=C1. The standard InChI is InChI=1S/C13H19NO/c1-10-6-5-7-11(9-8-10)13(2,3)12(15)14-4/h6-9H,5H2,1-4H3,(H,14,15). The Balaban J connectivity index is 2.94. The Morgan fingerprint density at radius 2 is 2.00 bits per heavy atom. The number of amides is 1. The lowest BCUT2D eigenvalue weighted by Crippen LogP contribution is -2.35. The highest BCUT2D eigenvalue weighted by atomic mass is 16.2. The van der Waals surface area contributed by atoms with Gasteiger partial charge in [-0.25, -0.2) is 0 Å². The van der Waals surface area contributed by atoms with Gasteiger partial charge in [0.05, 0.1) is 5.41 Å². The quantitative estimate of drug-likeness (QED) is 0.737. The van der Waals surface area contributed by atoms with Gasteiger partial charge in [-0.15, -0.1) is 0 Å². The molecule has 0 aromatic heterocycles. The normalized spacial score (nSPS) is 16.5. The smallest absolute Gasteiger partial charge is 0.229 e.